The van der Waals surface area contributed by atoms with Gasteiger partial charge in [0.1, 0.15) is 17.1 Å². The summed E-state index contributed by atoms with van der Waals surface area (Å²) in [6, 6.07) is 17.8. The van der Waals surface area contributed by atoms with Crippen molar-refractivity contribution < 1.29 is 14.0 Å². The van der Waals surface area contributed by atoms with E-state index in [0.29, 0.717) is 22.2 Å². The van der Waals surface area contributed by atoms with Crippen molar-refractivity contribution in [3.8, 4) is 11.3 Å². The van der Waals surface area contributed by atoms with Crippen LogP contribution in [0.15, 0.2) is 75.1 Å². The quantitative estimate of drug-likeness (QED) is 0.466. The highest BCUT2D eigenvalue weighted by molar-refractivity contribution is 9.10. The van der Waals surface area contributed by atoms with Crippen molar-refractivity contribution in [2.24, 2.45) is 0 Å². The van der Waals surface area contributed by atoms with E-state index in [1.807, 2.05) is 24.3 Å². The molecule has 1 aromatic heterocycles. The van der Waals surface area contributed by atoms with Gasteiger partial charge >= 0.3 is 0 Å². The Morgan fingerprint density at radius 3 is 2.56 bits per heavy atom. The van der Waals surface area contributed by atoms with Gasteiger partial charge in [0.25, 0.3) is 11.8 Å². The topological polar surface area (TPSA) is 62.6 Å². The predicted molar refractivity (Wildman–Crippen MR) is 107 cm³/mol. The van der Waals surface area contributed by atoms with E-state index in [1.54, 1.807) is 36.4 Å². The van der Waals surface area contributed by atoms with Gasteiger partial charge < -0.3 is 4.42 Å². The fourth-order valence-corrected chi connectivity index (χ4v) is 3.22. The fourth-order valence-electron chi connectivity index (χ4n) is 2.70. The van der Waals surface area contributed by atoms with Gasteiger partial charge in [0.05, 0.1) is 5.69 Å². The van der Waals surface area contributed by atoms with Crippen LogP contribution in [0.25, 0.3) is 17.4 Å². The Bertz CT molecular complexity index is 1070. The Morgan fingerprint density at radius 1 is 1.04 bits per heavy atom. The fraction of sp³-hybridized carbons (Fsp3) is 0. The van der Waals surface area contributed by atoms with Crippen molar-refractivity contribution in [1.82, 2.24) is 5.43 Å². The molecule has 5 nitrogen and oxygen atoms in total. The summed E-state index contributed by atoms with van der Waals surface area (Å²) in [5.41, 5.74) is 3.95. The number of amides is 2. The maximum absolute atomic E-state index is 12.6. The van der Waals surface area contributed by atoms with Gasteiger partial charge in [-0.1, -0.05) is 39.7 Å². The first-order valence-corrected chi connectivity index (χ1v) is 9.17. The van der Waals surface area contributed by atoms with Gasteiger partial charge in [-0.2, -0.15) is 0 Å². The first-order valence-electron chi connectivity index (χ1n) is 8.00. The molecule has 134 valence electrons. The second kappa shape index (κ2) is 7.06. The van der Waals surface area contributed by atoms with E-state index < -0.39 is 11.8 Å². The predicted octanol–water partition coefficient (Wildman–Crippen LogP) is 4.82. The van der Waals surface area contributed by atoms with Gasteiger partial charge in [0.2, 0.25) is 0 Å². The molecule has 0 aliphatic carbocycles. The third-order valence-corrected chi connectivity index (χ3v) is 4.74. The molecule has 7 heteroatoms. The maximum Gasteiger partial charge on any atom is 0.282 e. The van der Waals surface area contributed by atoms with Crippen LogP contribution < -0.4 is 10.4 Å². The van der Waals surface area contributed by atoms with Gasteiger partial charge in [0, 0.05) is 15.1 Å². The lowest BCUT2D eigenvalue weighted by Crippen LogP contribution is -2.35. The summed E-state index contributed by atoms with van der Waals surface area (Å²) in [5.74, 6) is 0.114. The number of carbonyl (C=O) groups is 2. The number of anilines is 1. The number of hydrazine groups is 1. The van der Waals surface area contributed by atoms with E-state index in [4.69, 9.17) is 16.0 Å². The lowest BCUT2D eigenvalue weighted by Gasteiger charge is -2.14. The van der Waals surface area contributed by atoms with Crippen LogP contribution in [0, 0.1) is 0 Å². The van der Waals surface area contributed by atoms with Crippen molar-refractivity contribution in [2.45, 2.75) is 0 Å². The summed E-state index contributed by atoms with van der Waals surface area (Å²) >= 11 is 9.29. The molecule has 1 N–H and O–H groups in total. The Balaban J connectivity index is 1.61. The van der Waals surface area contributed by atoms with Crippen molar-refractivity contribution in [2.75, 3.05) is 5.01 Å². The first-order chi connectivity index (χ1) is 13.0. The van der Waals surface area contributed by atoms with Crippen LogP contribution >= 0.6 is 27.5 Å². The van der Waals surface area contributed by atoms with Gasteiger partial charge in [-0.3, -0.25) is 15.0 Å². The van der Waals surface area contributed by atoms with E-state index in [1.165, 1.54) is 11.1 Å². The summed E-state index contributed by atoms with van der Waals surface area (Å²) in [6.45, 7) is 0. The average Bonchev–Trinajstić information content (AvgIpc) is 3.23. The zero-order valence-electron chi connectivity index (χ0n) is 13.8. The third kappa shape index (κ3) is 3.54. The number of hydrogen-bond acceptors (Lipinski definition) is 3. The highest BCUT2D eigenvalue weighted by atomic mass is 79.9. The first kappa shape index (κ1) is 17.6. The van der Waals surface area contributed by atoms with E-state index in [9.17, 15) is 9.59 Å². The molecule has 27 heavy (non-hydrogen) atoms. The SMILES string of the molecule is O=C1NN(c2ccc(Cl)cc2)C(=O)C1=Cc1ccc(-c2cccc(Br)c2)o1. The van der Waals surface area contributed by atoms with Crippen molar-refractivity contribution in [3.05, 3.63) is 81.5 Å². The Kier molecular flexibility index (Phi) is 4.59. The number of benzene rings is 2. The minimum absolute atomic E-state index is 0.0000854. The molecule has 1 aliphatic heterocycles. The maximum atomic E-state index is 12.6. The Labute approximate surface area is 168 Å². The molecule has 3 aromatic rings. The zero-order chi connectivity index (χ0) is 19.0. The summed E-state index contributed by atoms with van der Waals surface area (Å²) < 4.78 is 6.71. The molecule has 4 rings (SSSR count). The number of rotatable bonds is 3. The summed E-state index contributed by atoms with van der Waals surface area (Å²) in [7, 11) is 0. The Morgan fingerprint density at radius 2 is 1.81 bits per heavy atom. The molecule has 1 aliphatic rings. The second-order valence-corrected chi connectivity index (χ2v) is 7.18. The molecular weight excluding hydrogens is 432 g/mol. The summed E-state index contributed by atoms with van der Waals surface area (Å²) in [4.78, 5) is 24.9. The molecule has 2 aromatic carbocycles. The smallest absolute Gasteiger partial charge is 0.282 e. The largest absolute Gasteiger partial charge is 0.457 e. The molecular formula is C20H12BrClN2O3. The molecule has 0 radical (unpaired) electrons. The standard InChI is InChI=1S/C20H12BrClN2O3/c21-13-3-1-2-12(10-13)18-9-8-16(27-18)11-17-19(25)23-24(20(17)26)15-6-4-14(22)5-7-15/h1-11H,(H,23,25). The minimum atomic E-state index is -0.490. The zero-order valence-corrected chi connectivity index (χ0v) is 16.1. The number of nitrogens with zero attached hydrogens (tertiary/aromatic N) is 1. The van der Waals surface area contributed by atoms with Crippen molar-refractivity contribution >= 4 is 51.1 Å². The average molecular weight is 444 g/mol. The second-order valence-electron chi connectivity index (χ2n) is 5.83. The van der Waals surface area contributed by atoms with E-state index in [2.05, 4.69) is 21.4 Å². The third-order valence-electron chi connectivity index (χ3n) is 4.00. The summed E-state index contributed by atoms with van der Waals surface area (Å²) in [6.07, 6.45) is 1.44. The van der Waals surface area contributed by atoms with Crippen LogP contribution in [-0.4, -0.2) is 11.8 Å². The van der Waals surface area contributed by atoms with Crippen LogP contribution in [0.3, 0.4) is 0 Å². The molecule has 2 amide bonds. The molecule has 0 bridgehead atoms. The normalized spacial score (nSPS) is 15.5. The molecule has 0 spiro atoms. The number of nitrogens with one attached hydrogen (secondary N) is 1. The van der Waals surface area contributed by atoms with Gasteiger partial charge in [0.15, 0.2) is 0 Å². The number of carbonyl (C=O) groups excluding carboxylic acids is 2. The van der Waals surface area contributed by atoms with Gasteiger partial charge in [-0.15, -0.1) is 0 Å². The molecule has 0 unspecified atom stereocenters. The highest BCUT2D eigenvalue weighted by Gasteiger charge is 2.34. The van der Waals surface area contributed by atoms with Crippen LogP contribution in [0.5, 0.6) is 0 Å². The highest BCUT2D eigenvalue weighted by Crippen LogP contribution is 2.27. The van der Waals surface area contributed by atoms with Crippen molar-refractivity contribution in [3.63, 3.8) is 0 Å². The van der Waals surface area contributed by atoms with Gasteiger partial charge in [-0.05, 0) is 54.6 Å². The number of furan rings is 1. The molecule has 0 saturated carbocycles. The lowest BCUT2D eigenvalue weighted by molar-refractivity contribution is -0.117. The molecule has 2 heterocycles. The van der Waals surface area contributed by atoms with Crippen LogP contribution in [0.4, 0.5) is 5.69 Å². The van der Waals surface area contributed by atoms with E-state index in [0.717, 1.165) is 10.0 Å². The molecule has 0 atom stereocenters. The Hall–Kier alpha value is -2.83. The molecule has 1 fully saturated rings. The lowest BCUT2D eigenvalue weighted by atomic mass is 10.2. The number of halogens is 2. The monoisotopic (exact) mass is 442 g/mol. The van der Waals surface area contributed by atoms with E-state index in [-0.39, 0.29) is 5.57 Å². The van der Waals surface area contributed by atoms with Crippen LogP contribution in [0.1, 0.15) is 5.76 Å². The summed E-state index contributed by atoms with van der Waals surface area (Å²) in [5, 5.41) is 1.73. The van der Waals surface area contributed by atoms with E-state index >= 15 is 0 Å². The van der Waals surface area contributed by atoms with Crippen LogP contribution in [0.2, 0.25) is 5.02 Å². The van der Waals surface area contributed by atoms with Gasteiger partial charge in [-0.25, -0.2) is 5.01 Å². The van der Waals surface area contributed by atoms with Crippen molar-refractivity contribution in [1.29, 1.82) is 0 Å². The number of hydrogen-bond donors (Lipinski definition) is 1. The van der Waals surface area contributed by atoms with Crippen LogP contribution in [-0.2, 0) is 9.59 Å². The molecule has 1 saturated heterocycles. The minimum Gasteiger partial charge on any atom is -0.457 e.